The zero-order chi connectivity index (χ0) is 13.0. The van der Waals surface area contributed by atoms with Crippen LogP contribution in [0.4, 0.5) is 0 Å². The fourth-order valence-electron chi connectivity index (χ4n) is 1.74. The number of aryl methyl sites for hydroxylation is 1. The number of fused-ring (bicyclic) bond motifs is 1. The van der Waals surface area contributed by atoms with Gasteiger partial charge < -0.3 is 10.1 Å². The smallest absolute Gasteiger partial charge is 0.303 e. The summed E-state index contributed by atoms with van der Waals surface area (Å²) < 4.78 is 0. The summed E-state index contributed by atoms with van der Waals surface area (Å²) >= 11 is 1.71. The van der Waals surface area contributed by atoms with Crippen LogP contribution in [-0.2, 0) is 10.5 Å². The lowest BCUT2D eigenvalue weighted by molar-refractivity contribution is -0.137. The van der Waals surface area contributed by atoms with Crippen molar-refractivity contribution in [3.05, 3.63) is 29.6 Å². The summed E-state index contributed by atoms with van der Waals surface area (Å²) in [5.74, 6) is 1.88. The SMILES string of the molecule is Cc1ccc2nc(CSCCCC(=O)O)[nH]c2c1. The Labute approximate surface area is 110 Å². The van der Waals surface area contributed by atoms with E-state index in [1.165, 1.54) is 5.56 Å². The Morgan fingerprint density at radius 3 is 3.11 bits per heavy atom. The molecule has 0 saturated carbocycles. The highest BCUT2D eigenvalue weighted by atomic mass is 32.2. The summed E-state index contributed by atoms with van der Waals surface area (Å²) in [6.07, 6.45) is 0.950. The van der Waals surface area contributed by atoms with E-state index >= 15 is 0 Å². The molecule has 2 rings (SSSR count). The summed E-state index contributed by atoms with van der Waals surface area (Å²) in [5, 5.41) is 8.52. The van der Waals surface area contributed by atoms with Crippen molar-refractivity contribution in [2.24, 2.45) is 0 Å². The molecule has 0 saturated heterocycles. The molecule has 0 atom stereocenters. The number of hydrogen-bond acceptors (Lipinski definition) is 3. The summed E-state index contributed by atoms with van der Waals surface area (Å²) in [5.41, 5.74) is 3.27. The second-order valence-electron chi connectivity index (χ2n) is 4.25. The van der Waals surface area contributed by atoms with Gasteiger partial charge in [-0.25, -0.2) is 4.98 Å². The van der Waals surface area contributed by atoms with Crippen LogP contribution in [-0.4, -0.2) is 26.8 Å². The molecule has 0 fully saturated rings. The number of aliphatic carboxylic acids is 1. The number of rotatable bonds is 6. The summed E-state index contributed by atoms with van der Waals surface area (Å²) in [6.45, 7) is 2.06. The van der Waals surface area contributed by atoms with Crippen LogP contribution >= 0.6 is 11.8 Å². The molecule has 0 bridgehead atoms. The number of H-pyrrole nitrogens is 1. The predicted octanol–water partition coefficient (Wildman–Crippen LogP) is 2.97. The van der Waals surface area contributed by atoms with Gasteiger partial charge in [0.05, 0.1) is 16.8 Å². The van der Waals surface area contributed by atoms with Crippen LogP contribution in [0.5, 0.6) is 0 Å². The Balaban J connectivity index is 1.86. The van der Waals surface area contributed by atoms with Gasteiger partial charge in [0, 0.05) is 6.42 Å². The first-order valence-electron chi connectivity index (χ1n) is 5.90. The minimum atomic E-state index is -0.727. The molecular weight excluding hydrogens is 248 g/mol. The van der Waals surface area contributed by atoms with E-state index in [4.69, 9.17) is 5.11 Å². The average Bonchev–Trinajstić information content (AvgIpc) is 2.70. The molecule has 4 nitrogen and oxygen atoms in total. The fraction of sp³-hybridized carbons (Fsp3) is 0.385. The Kier molecular flexibility index (Phi) is 4.25. The number of hydrogen-bond donors (Lipinski definition) is 2. The molecule has 0 radical (unpaired) electrons. The van der Waals surface area contributed by atoms with E-state index < -0.39 is 5.97 Å². The van der Waals surface area contributed by atoms with Gasteiger partial charge in [0.15, 0.2) is 0 Å². The van der Waals surface area contributed by atoms with E-state index in [0.29, 0.717) is 6.42 Å². The highest BCUT2D eigenvalue weighted by Crippen LogP contribution is 2.17. The standard InChI is InChI=1S/C13H16N2O2S/c1-9-4-5-10-11(7-9)15-12(14-10)8-18-6-2-3-13(16)17/h4-5,7H,2-3,6,8H2,1H3,(H,14,15)(H,16,17). The van der Waals surface area contributed by atoms with Crippen LogP contribution in [0.15, 0.2) is 18.2 Å². The van der Waals surface area contributed by atoms with Crippen LogP contribution in [0.1, 0.15) is 24.2 Å². The Bertz CT molecular complexity index is 551. The predicted molar refractivity (Wildman–Crippen MR) is 73.9 cm³/mol. The quantitative estimate of drug-likeness (QED) is 0.787. The molecule has 2 aromatic rings. The van der Waals surface area contributed by atoms with Crippen LogP contribution in [0.3, 0.4) is 0 Å². The van der Waals surface area contributed by atoms with E-state index in [1.807, 2.05) is 12.1 Å². The first kappa shape index (κ1) is 13.0. The Morgan fingerprint density at radius 1 is 1.50 bits per heavy atom. The number of carbonyl (C=O) groups is 1. The van der Waals surface area contributed by atoms with Crippen LogP contribution in [0.2, 0.25) is 0 Å². The number of imidazole rings is 1. The maximum Gasteiger partial charge on any atom is 0.303 e. The van der Waals surface area contributed by atoms with Crippen molar-refractivity contribution in [2.45, 2.75) is 25.5 Å². The minimum absolute atomic E-state index is 0.242. The zero-order valence-electron chi connectivity index (χ0n) is 10.3. The molecule has 0 aliphatic rings. The molecule has 18 heavy (non-hydrogen) atoms. The maximum atomic E-state index is 10.4. The van der Waals surface area contributed by atoms with Gasteiger partial charge >= 0.3 is 5.97 Å². The molecule has 96 valence electrons. The van der Waals surface area contributed by atoms with Crippen LogP contribution < -0.4 is 0 Å². The second-order valence-corrected chi connectivity index (χ2v) is 5.36. The van der Waals surface area contributed by atoms with Crippen molar-refractivity contribution in [3.63, 3.8) is 0 Å². The van der Waals surface area contributed by atoms with E-state index in [9.17, 15) is 4.79 Å². The average molecular weight is 264 g/mol. The van der Waals surface area contributed by atoms with E-state index in [1.54, 1.807) is 11.8 Å². The first-order chi connectivity index (χ1) is 8.65. The molecule has 0 amide bonds. The lowest BCUT2D eigenvalue weighted by Crippen LogP contribution is -1.95. The van der Waals surface area contributed by atoms with E-state index in [0.717, 1.165) is 28.4 Å². The van der Waals surface area contributed by atoms with Gasteiger partial charge in [-0.1, -0.05) is 6.07 Å². The molecule has 0 spiro atoms. The maximum absolute atomic E-state index is 10.4. The van der Waals surface area contributed by atoms with Crippen molar-refractivity contribution in [2.75, 3.05) is 5.75 Å². The van der Waals surface area contributed by atoms with Crippen LogP contribution in [0.25, 0.3) is 11.0 Å². The summed E-state index contributed by atoms with van der Waals surface area (Å²) in [6, 6.07) is 6.15. The van der Waals surface area contributed by atoms with Crippen molar-refractivity contribution < 1.29 is 9.90 Å². The number of carboxylic acid groups (broad SMARTS) is 1. The van der Waals surface area contributed by atoms with E-state index in [-0.39, 0.29) is 6.42 Å². The molecule has 1 heterocycles. The minimum Gasteiger partial charge on any atom is -0.481 e. The number of aromatic amines is 1. The first-order valence-corrected chi connectivity index (χ1v) is 7.05. The molecule has 0 aliphatic carbocycles. The Morgan fingerprint density at radius 2 is 2.33 bits per heavy atom. The topological polar surface area (TPSA) is 66.0 Å². The van der Waals surface area contributed by atoms with E-state index in [2.05, 4.69) is 23.0 Å². The molecule has 0 aliphatic heterocycles. The molecule has 1 aromatic heterocycles. The van der Waals surface area contributed by atoms with Crippen molar-refractivity contribution in [3.8, 4) is 0 Å². The van der Waals surface area contributed by atoms with Gasteiger partial charge in [-0.2, -0.15) is 11.8 Å². The lowest BCUT2D eigenvalue weighted by atomic mass is 10.2. The monoisotopic (exact) mass is 264 g/mol. The number of thioether (sulfide) groups is 1. The van der Waals surface area contributed by atoms with Crippen molar-refractivity contribution >= 4 is 28.8 Å². The molecule has 1 aromatic carbocycles. The van der Waals surface area contributed by atoms with Crippen LogP contribution in [0, 0.1) is 6.92 Å². The number of carboxylic acids is 1. The number of nitrogens with one attached hydrogen (secondary N) is 1. The second kappa shape index (κ2) is 5.91. The third-order valence-corrected chi connectivity index (χ3v) is 3.66. The highest BCUT2D eigenvalue weighted by molar-refractivity contribution is 7.98. The number of nitrogens with zero attached hydrogens (tertiary/aromatic N) is 1. The molecule has 0 unspecified atom stereocenters. The normalized spacial score (nSPS) is 10.9. The van der Waals surface area contributed by atoms with Gasteiger partial charge in [-0.15, -0.1) is 0 Å². The van der Waals surface area contributed by atoms with Gasteiger partial charge in [0.2, 0.25) is 0 Å². The summed E-state index contributed by atoms with van der Waals surface area (Å²) in [4.78, 5) is 18.1. The molecule has 5 heteroatoms. The number of aromatic nitrogens is 2. The molecular formula is C13H16N2O2S. The Hall–Kier alpha value is -1.49. The highest BCUT2D eigenvalue weighted by Gasteiger charge is 2.03. The largest absolute Gasteiger partial charge is 0.481 e. The summed E-state index contributed by atoms with van der Waals surface area (Å²) in [7, 11) is 0. The van der Waals surface area contributed by atoms with Gasteiger partial charge in [-0.3, -0.25) is 4.79 Å². The lowest BCUT2D eigenvalue weighted by Gasteiger charge is -1.97. The fourth-order valence-corrected chi connectivity index (χ4v) is 2.56. The zero-order valence-corrected chi connectivity index (χ0v) is 11.1. The third kappa shape index (κ3) is 3.50. The van der Waals surface area contributed by atoms with Gasteiger partial charge in [-0.05, 0) is 36.8 Å². The third-order valence-electron chi connectivity index (χ3n) is 2.60. The number of benzene rings is 1. The van der Waals surface area contributed by atoms with Crippen molar-refractivity contribution in [1.29, 1.82) is 0 Å². The van der Waals surface area contributed by atoms with Gasteiger partial charge in [0.25, 0.3) is 0 Å². The van der Waals surface area contributed by atoms with Crippen molar-refractivity contribution in [1.82, 2.24) is 9.97 Å². The molecule has 2 N–H and O–H groups in total. The van der Waals surface area contributed by atoms with Gasteiger partial charge in [0.1, 0.15) is 5.82 Å².